The Morgan fingerprint density at radius 3 is 2.41 bits per heavy atom. The van der Waals surface area contributed by atoms with Crippen LogP contribution in [0.3, 0.4) is 0 Å². The summed E-state index contributed by atoms with van der Waals surface area (Å²) in [5.74, 6) is 1.08. The molecule has 98 valence electrons. The van der Waals surface area contributed by atoms with E-state index in [4.69, 9.17) is 0 Å². The molecule has 0 spiro atoms. The van der Waals surface area contributed by atoms with E-state index in [1.54, 1.807) is 0 Å². The molecule has 2 rings (SSSR count). The van der Waals surface area contributed by atoms with Crippen molar-refractivity contribution in [1.29, 1.82) is 0 Å². The molecule has 2 fully saturated rings. The fraction of sp³-hybridized carbons (Fsp3) is 0.929. The summed E-state index contributed by atoms with van der Waals surface area (Å²) in [6.07, 6.45) is 6.31. The lowest BCUT2D eigenvalue weighted by atomic mass is 9.98. The zero-order valence-corrected chi connectivity index (χ0v) is 11.4. The Balaban J connectivity index is 1.92. The van der Waals surface area contributed by atoms with Crippen LogP contribution in [0.25, 0.3) is 0 Å². The third kappa shape index (κ3) is 2.82. The van der Waals surface area contributed by atoms with Crippen LogP contribution < -0.4 is 5.32 Å². The molecule has 2 unspecified atom stereocenters. The van der Waals surface area contributed by atoms with Crippen molar-refractivity contribution in [3.05, 3.63) is 0 Å². The summed E-state index contributed by atoms with van der Waals surface area (Å²) in [6.45, 7) is 7.40. The third-order valence-electron chi connectivity index (χ3n) is 4.35. The first kappa shape index (κ1) is 12.9. The van der Waals surface area contributed by atoms with Crippen LogP contribution in [0, 0.1) is 5.92 Å². The van der Waals surface area contributed by atoms with Gasteiger partial charge in [-0.1, -0.05) is 26.7 Å². The number of rotatable bonds is 4. The van der Waals surface area contributed by atoms with Gasteiger partial charge in [0.05, 0.1) is 6.04 Å². The number of amides is 1. The van der Waals surface area contributed by atoms with Crippen LogP contribution in [0.15, 0.2) is 0 Å². The van der Waals surface area contributed by atoms with Gasteiger partial charge in [0.15, 0.2) is 0 Å². The quantitative estimate of drug-likeness (QED) is 0.814. The lowest BCUT2D eigenvalue weighted by Crippen LogP contribution is -2.45. The smallest absolute Gasteiger partial charge is 0.240 e. The third-order valence-corrected chi connectivity index (χ3v) is 4.35. The van der Waals surface area contributed by atoms with Crippen molar-refractivity contribution >= 4 is 5.91 Å². The van der Waals surface area contributed by atoms with E-state index in [2.05, 4.69) is 31.0 Å². The molecular formula is C14H26N2O. The van der Waals surface area contributed by atoms with Crippen molar-refractivity contribution in [1.82, 2.24) is 10.2 Å². The van der Waals surface area contributed by atoms with Crippen molar-refractivity contribution < 1.29 is 4.79 Å². The Kier molecular flexibility index (Phi) is 4.08. The predicted molar refractivity (Wildman–Crippen MR) is 69.8 cm³/mol. The van der Waals surface area contributed by atoms with Gasteiger partial charge in [0.2, 0.25) is 5.91 Å². The van der Waals surface area contributed by atoms with Crippen molar-refractivity contribution in [3.63, 3.8) is 0 Å². The number of nitrogens with zero attached hydrogens (tertiary/aromatic N) is 1. The molecule has 1 aliphatic heterocycles. The second kappa shape index (κ2) is 5.38. The molecular weight excluding hydrogens is 212 g/mol. The van der Waals surface area contributed by atoms with Crippen LogP contribution in [0.2, 0.25) is 0 Å². The largest absolute Gasteiger partial charge is 0.338 e. The van der Waals surface area contributed by atoms with E-state index < -0.39 is 0 Å². The Hall–Kier alpha value is -0.570. The number of nitrogens with one attached hydrogen (secondary N) is 1. The maximum Gasteiger partial charge on any atom is 0.240 e. The summed E-state index contributed by atoms with van der Waals surface area (Å²) in [6, 6.07) is 0.911. The Morgan fingerprint density at radius 1 is 1.18 bits per heavy atom. The molecule has 0 aromatic heterocycles. The van der Waals surface area contributed by atoms with Crippen molar-refractivity contribution in [3.8, 4) is 0 Å². The van der Waals surface area contributed by atoms with Gasteiger partial charge in [0.1, 0.15) is 0 Å². The monoisotopic (exact) mass is 238 g/mol. The van der Waals surface area contributed by atoms with Gasteiger partial charge in [-0.3, -0.25) is 4.79 Å². The van der Waals surface area contributed by atoms with Gasteiger partial charge < -0.3 is 10.2 Å². The highest BCUT2D eigenvalue weighted by atomic mass is 16.2. The standard InChI is InChI=1S/C14H26N2O/c1-10(2)15-13-8-9-16(14(13)17)11(3)12-6-4-5-7-12/h10-13,15H,4-9H2,1-3H3. The summed E-state index contributed by atoms with van der Waals surface area (Å²) in [5, 5.41) is 3.38. The average molecular weight is 238 g/mol. The lowest BCUT2D eigenvalue weighted by molar-refractivity contribution is -0.132. The van der Waals surface area contributed by atoms with E-state index in [1.807, 2.05) is 0 Å². The second-order valence-electron chi connectivity index (χ2n) is 5.98. The summed E-state index contributed by atoms with van der Waals surface area (Å²) in [5.41, 5.74) is 0. The maximum atomic E-state index is 12.3. The SMILES string of the molecule is CC(C)NC1CCN(C(C)C2CCCC2)C1=O. The molecule has 3 nitrogen and oxygen atoms in total. The molecule has 3 heteroatoms. The van der Waals surface area contributed by atoms with Crippen LogP contribution in [0.4, 0.5) is 0 Å². The molecule has 0 radical (unpaired) electrons. The highest BCUT2D eigenvalue weighted by molar-refractivity contribution is 5.84. The first-order chi connectivity index (χ1) is 8.09. The van der Waals surface area contributed by atoms with Crippen LogP contribution in [-0.4, -0.2) is 35.5 Å². The van der Waals surface area contributed by atoms with E-state index >= 15 is 0 Å². The molecule has 17 heavy (non-hydrogen) atoms. The molecule has 1 heterocycles. The highest BCUT2D eigenvalue weighted by Crippen LogP contribution is 2.31. The molecule has 1 N–H and O–H groups in total. The topological polar surface area (TPSA) is 32.3 Å². The van der Waals surface area contributed by atoms with E-state index in [-0.39, 0.29) is 6.04 Å². The molecule has 0 aromatic rings. The first-order valence-electron chi connectivity index (χ1n) is 7.16. The van der Waals surface area contributed by atoms with Crippen molar-refractivity contribution in [2.45, 2.75) is 71.0 Å². The normalized spacial score (nSPS) is 28.4. The van der Waals surface area contributed by atoms with Gasteiger partial charge in [-0.2, -0.15) is 0 Å². The summed E-state index contributed by atoms with van der Waals surface area (Å²) >= 11 is 0. The van der Waals surface area contributed by atoms with E-state index in [9.17, 15) is 4.79 Å². The zero-order valence-electron chi connectivity index (χ0n) is 11.4. The molecule has 1 saturated heterocycles. The van der Waals surface area contributed by atoms with Crippen LogP contribution >= 0.6 is 0 Å². The number of carbonyl (C=O) groups excluding carboxylic acids is 1. The number of hydrogen-bond donors (Lipinski definition) is 1. The van der Waals surface area contributed by atoms with Gasteiger partial charge in [0, 0.05) is 18.6 Å². The van der Waals surface area contributed by atoms with Gasteiger partial charge in [0.25, 0.3) is 0 Å². The molecule has 2 aliphatic rings. The molecule has 1 amide bonds. The van der Waals surface area contributed by atoms with Gasteiger partial charge in [-0.05, 0) is 32.1 Å². The summed E-state index contributed by atoms with van der Waals surface area (Å²) < 4.78 is 0. The molecule has 0 bridgehead atoms. The first-order valence-corrected chi connectivity index (χ1v) is 7.16. The minimum absolute atomic E-state index is 0.0684. The number of likely N-dealkylation sites (tertiary alicyclic amines) is 1. The van der Waals surface area contributed by atoms with Gasteiger partial charge in [-0.25, -0.2) is 0 Å². The Labute approximate surface area is 105 Å². The molecule has 1 saturated carbocycles. The van der Waals surface area contributed by atoms with E-state index in [1.165, 1.54) is 25.7 Å². The minimum Gasteiger partial charge on any atom is -0.338 e. The second-order valence-corrected chi connectivity index (χ2v) is 5.98. The summed E-state index contributed by atoms with van der Waals surface area (Å²) in [7, 11) is 0. The highest BCUT2D eigenvalue weighted by Gasteiger charge is 2.37. The fourth-order valence-corrected chi connectivity index (χ4v) is 3.36. The Morgan fingerprint density at radius 2 is 1.82 bits per heavy atom. The van der Waals surface area contributed by atoms with Crippen LogP contribution in [0.1, 0.15) is 52.9 Å². The van der Waals surface area contributed by atoms with Crippen LogP contribution in [-0.2, 0) is 4.79 Å². The van der Waals surface area contributed by atoms with Gasteiger partial charge in [-0.15, -0.1) is 0 Å². The molecule has 0 aromatic carbocycles. The fourth-order valence-electron chi connectivity index (χ4n) is 3.36. The number of carbonyl (C=O) groups is 1. The number of hydrogen-bond acceptors (Lipinski definition) is 2. The van der Waals surface area contributed by atoms with Gasteiger partial charge >= 0.3 is 0 Å². The summed E-state index contributed by atoms with van der Waals surface area (Å²) in [4.78, 5) is 14.4. The van der Waals surface area contributed by atoms with Crippen molar-refractivity contribution in [2.24, 2.45) is 5.92 Å². The zero-order chi connectivity index (χ0) is 12.4. The Bertz CT molecular complexity index is 271. The molecule has 2 atom stereocenters. The van der Waals surface area contributed by atoms with Crippen molar-refractivity contribution in [2.75, 3.05) is 6.54 Å². The average Bonchev–Trinajstić information content (AvgIpc) is 2.88. The lowest BCUT2D eigenvalue weighted by Gasteiger charge is -2.30. The maximum absolute atomic E-state index is 12.3. The van der Waals surface area contributed by atoms with E-state index in [0.717, 1.165) is 18.9 Å². The molecule has 1 aliphatic carbocycles. The van der Waals surface area contributed by atoms with E-state index in [0.29, 0.717) is 18.0 Å². The van der Waals surface area contributed by atoms with Crippen LogP contribution in [0.5, 0.6) is 0 Å². The minimum atomic E-state index is 0.0684. The predicted octanol–water partition coefficient (Wildman–Crippen LogP) is 2.16.